The van der Waals surface area contributed by atoms with E-state index in [0.29, 0.717) is 31.0 Å². The zero-order chi connectivity index (χ0) is 13.3. The molecule has 0 unspecified atom stereocenters. The molecule has 2 rings (SSSR count). The highest BCUT2D eigenvalue weighted by Gasteiger charge is 2.22. The smallest absolute Gasteiger partial charge is 0.338 e. The fourth-order valence-electron chi connectivity index (χ4n) is 2.27. The standard InChI is InChI=1S/C13H16FNO3/c1-8-5-10(6-11(14)12(8)13(16)17)15-3-4-18-7-9(15)2/h5-6,9H,3-4,7H2,1-2H3,(H,16,17)/t9-/m0/s1. The summed E-state index contributed by atoms with van der Waals surface area (Å²) in [6.07, 6.45) is 0. The predicted octanol–water partition coefficient (Wildman–Crippen LogP) is 2.06. The third-order valence-corrected chi connectivity index (χ3v) is 3.19. The van der Waals surface area contributed by atoms with Crippen molar-refractivity contribution in [3.05, 3.63) is 29.1 Å². The number of aryl methyl sites for hydroxylation is 1. The van der Waals surface area contributed by atoms with Crippen LogP contribution < -0.4 is 4.90 Å². The first-order chi connectivity index (χ1) is 8.50. The second-order valence-electron chi connectivity index (χ2n) is 4.54. The lowest BCUT2D eigenvalue weighted by Gasteiger charge is -2.35. The quantitative estimate of drug-likeness (QED) is 0.876. The van der Waals surface area contributed by atoms with Crippen LogP contribution in [0.5, 0.6) is 0 Å². The Labute approximate surface area is 105 Å². The topological polar surface area (TPSA) is 49.8 Å². The second-order valence-corrected chi connectivity index (χ2v) is 4.54. The molecule has 1 N–H and O–H groups in total. The largest absolute Gasteiger partial charge is 0.478 e. The average molecular weight is 253 g/mol. The van der Waals surface area contributed by atoms with Crippen molar-refractivity contribution in [2.75, 3.05) is 24.7 Å². The van der Waals surface area contributed by atoms with Crippen molar-refractivity contribution in [3.63, 3.8) is 0 Å². The summed E-state index contributed by atoms with van der Waals surface area (Å²) in [5.41, 5.74) is 0.904. The van der Waals surface area contributed by atoms with E-state index in [9.17, 15) is 9.18 Å². The van der Waals surface area contributed by atoms with E-state index < -0.39 is 11.8 Å². The number of hydrogen-bond donors (Lipinski definition) is 1. The lowest BCUT2D eigenvalue weighted by molar-refractivity contribution is 0.0691. The van der Waals surface area contributed by atoms with Crippen LogP contribution in [0.25, 0.3) is 0 Å². The van der Waals surface area contributed by atoms with E-state index in [4.69, 9.17) is 9.84 Å². The van der Waals surface area contributed by atoms with Crippen LogP contribution in [0.1, 0.15) is 22.8 Å². The minimum Gasteiger partial charge on any atom is -0.478 e. The van der Waals surface area contributed by atoms with Crippen molar-refractivity contribution in [3.8, 4) is 0 Å². The molecule has 0 aromatic heterocycles. The van der Waals surface area contributed by atoms with Gasteiger partial charge in [-0.3, -0.25) is 0 Å². The molecule has 1 aliphatic heterocycles. The Morgan fingerprint density at radius 3 is 2.83 bits per heavy atom. The monoisotopic (exact) mass is 253 g/mol. The molecule has 1 aromatic rings. The summed E-state index contributed by atoms with van der Waals surface area (Å²) in [4.78, 5) is 13.0. The maximum Gasteiger partial charge on any atom is 0.338 e. The molecule has 0 saturated carbocycles. The zero-order valence-electron chi connectivity index (χ0n) is 10.4. The predicted molar refractivity (Wildman–Crippen MR) is 65.7 cm³/mol. The maximum absolute atomic E-state index is 13.8. The zero-order valence-corrected chi connectivity index (χ0v) is 10.4. The van der Waals surface area contributed by atoms with Crippen molar-refractivity contribution < 1.29 is 19.0 Å². The molecule has 18 heavy (non-hydrogen) atoms. The van der Waals surface area contributed by atoms with Crippen LogP contribution in [0.15, 0.2) is 12.1 Å². The first-order valence-electron chi connectivity index (χ1n) is 5.88. The minimum absolute atomic E-state index is 0.160. The van der Waals surface area contributed by atoms with Gasteiger partial charge in [-0.1, -0.05) is 0 Å². The van der Waals surface area contributed by atoms with Crippen molar-refractivity contribution in [1.82, 2.24) is 0 Å². The number of benzene rings is 1. The molecule has 0 radical (unpaired) electrons. The Morgan fingerprint density at radius 2 is 2.28 bits per heavy atom. The van der Waals surface area contributed by atoms with Gasteiger partial charge < -0.3 is 14.7 Å². The van der Waals surface area contributed by atoms with E-state index in [0.717, 1.165) is 0 Å². The number of carboxylic acid groups (broad SMARTS) is 1. The summed E-state index contributed by atoms with van der Waals surface area (Å²) in [6.45, 7) is 5.50. The SMILES string of the molecule is Cc1cc(N2CCOC[C@@H]2C)cc(F)c1C(=O)O. The lowest BCUT2D eigenvalue weighted by atomic mass is 10.1. The number of aromatic carboxylic acids is 1. The van der Waals surface area contributed by atoms with Crippen LogP contribution in [-0.4, -0.2) is 36.9 Å². The van der Waals surface area contributed by atoms with E-state index in [2.05, 4.69) is 0 Å². The summed E-state index contributed by atoms with van der Waals surface area (Å²) in [7, 11) is 0. The molecule has 5 heteroatoms. The summed E-state index contributed by atoms with van der Waals surface area (Å²) < 4.78 is 19.1. The van der Waals surface area contributed by atoms with Crippen LogP contribution in [0.2, 0.25) is 0 Å². The molecule has 1 aliphatic rings. The normalized spacial score (nSPS) is 19.9. The van der Waals surface area contributed by atoms with Gasteiger partial charge in [-0.15, -0.1) is 0 Å². The lowest BCUT2D eigenvalue weighted by Crippen LogP contribution is -2.43. The summed E-state index contributed by atoms with van der Waals surface area (Å²) in [6, 6.07) is 3.17. The van der Waals surface area contributed by atoms with Gasteiger partial charge in [0.2, 0.25) is 0 Å². The number of hydrogen-bond acceptors (Lipinski definition) is 3. The molecule has 1 heterocycles. The van der Waals surface area contributed by atoms with Gasteiger partial charge in [0.15, 0.2) is 0 Å². The molecular weight excluding hydrogens is 237 g/mol. The fraction of sp³-hybridized carbons (Fsp3) is 0.462. The van der Waals surface area contributed by atoms with Gasteiger partial charge in [0.25, 0.3) is 0 Å². The molecule has 1 fully saturated rings. The van der Waals surface area contributed by atoms with Gasteiger partial charge in [-0.2, -0.15) is 0 Å². The molecule has 4 nitrogen and oxygen atoms in total. The summed E-state index contributed by atoms with van der Waals surface area (Å²) in [5, 5.41) is 8.93. The summed E-state index contributed by atoms with van der Waals surface area (Å²) >= 11 is 0. The molecule has 0 bridgehead atoms. The summed E-state index contributed by atoms with van der Waals surface area (Å²) in [5.74, 6) is -1.91. The fourth-order valence-corrected chi connectivity index (χ4v) is 2.27. The molecule has 1 saturated heterocycles. The van der Waals surface area contributed by atoms with Gasteiger partial charge in [0.1, 0.15) is 5.82 Å². The molecule has 1 atom stereocenters. The number of ether oxygens (including phenoxy) is 1. The second kappa shape index (κ2) is 4.94. The van der Waals surface area contributed by atoms with Crippen molar-refractivity contribution in [2.24, 2.45) is 0 Å². The van der Waals surface area contributed by atoms with E-state index in [1.165, 1.54) is 6.07 Å². The van der Waals surface area contributed by atoms with Gasteiger partial charge in [0.05, 0.1) is 18.8 Å². The Balaban J connectivity index is 2.38. The number of nitrogens with zero attached hydrogens (tertiary/aromatic N) is 1. The molecule has 0 spiro atoms. The average Bonchev–Trinajstić information content (AvgIpc) is 2.27. The number of carboxylic acids is 1. The number of carbonyl (C=O) groups is 1. The van der Waals surface area contributed by atoms with Gasteiger partial charge >= 0.3 is 5.97 Å². The van der Waals surface area contributed by atoms with Crippen LogP contribution in [0, 0.1) is 12.7 Å². The van der Waals surface area contributed by atoms with Gasteiger partial charge in [-0.25, -0.2) is 9.18 Å². The first kappa shape index (κ1) is 12.8. The van der Waals surface area contributed by atoms with E-state index in [1.807, 2.05) is 11.8 Å². The van der Waals surface area contributed by atoms with Crippen molar-refractivity contribution in [2.45, 2.75) is 19.9 Å². The molecule has 98 valence electrons. The third-order valence-electron chi connectivity index (χ3n) is 3.19. The number of halogens is 1. The van der Waals surface area contributed by atoms with Crippen molar-refractivity contribution >= 4 is 11.7 Å². The maximum atomic E-state index is 13.8. The van der Waals surface area contributed by atoms with Crippen LogP contribution in [0.4, 0.5) is 10.1 Å². The first-order valence-corrected chi connectivity index (χ1v) is 5.88. The molecule has 0 amide bonds. The van der Waals surface area contributed by atoms with Crippen LogP contribution in [0.3, 0.4) is 0 Å². The highest BCUT2D eigenvalue weighted by atomic mass is 19.1. The van der Waals surface area contributed by atoms with E-state index in [1.54, 1.807) is 13.0 Å². The molecule has 0 aliphatic carbocycles. The van der Waals surface area contributed by atoms with Gasteiger partial charge in [0, 0.05) is 18.3 Å². The third kappa shape index (κ3) is 2.31. The van der Waals surface area contributed by atoms with Crippen LogP contribution >= 0.6 is 0 Å². The Bertz CT molecular complexity index is 452. The molecule has 1 aromatic carbocycles. The van der Waals surface area contributed by atoms with Crippen LogP contribution in [-0.2, 0) is 4.74 Å². The van der Waals surface area contributed by atoms with Gasteiger partial charge in [-0.05, 0) is 31.5 Å². The number of anilines is 1. The number of morpholine rings is 1. The molecular formula is C13H16FNO3. The van der Waals surface area contributed by atoms with E-state index >= 15 is 0 Å². The highest BCUT2D eigenvalue weighted by Crippen LogP contribution is 2.25. The Hall–Kier alpha value is -1.62. The number of rotatable bonds is 2. The van der Waals surface area contributed by atoms with Crippen molar-refractivity contribution in [1.29, 1.82) is 0 Å². The Kier molecular flexibility index (Phi) is 3.52. The Morgan fingerprint density at radius 1 is 1.56 bits per heavy atom. The highest BCUT2D eigenvalue weighted by molar-refractivity contribution is 5.90. The van der Waals surface area contributed by atoms with E-state index in [-0.39, 0.29) is 11.6 Å². The minimum atomic E-state index is -1.23.